The lowest BCUT2D eigenvalue weighted by atomic mass is 10.1. The van der Waals surface area contributed by atoms with E-state index in [1.54, 1.807) is 6.20 Å². The maximum Gasteiger partial charge on any atom is 0.270 e. The van der Waals surface area contributed by atoms with Crippen LogP contribution in [0.25, 0.3) is 0 Å². The molecule has 1 aliphatic rings. The predicted octanol–water partition coefficient (Wildman–Crippen LogP) is 3.10. The van der Waals surface area contributed by atoms with E-state index in [-0.39, 0.29) is 28.1 Å². The molecule has 6 nitrogen and oxygen atoms in total. The van der Waals surface area contributed by atoms with E-state index in [0.717, 1.165) is 18.5 Å². The first-order valence-electron chi connectivity index (χ1n) is 7.22. The zero-order chi connectivity index (χ0) is 16.4. The minimum Gasteiger partial charge on any atom is -0.351 e. The van der Waals surface area contributed by atoms with Gasteiger partial charge in [0.1, 0.15) is 0 Å². The van der Waals surface area contributed by atoms with Gasteiger partial charge in [-0.05, 0) is 30.5 Å². The van der Waals surface area contributed by atoms with Gasteiger partial charge in [-0.3, -0.25) is 19.9 Å². The van der Waals surface area contributed by atoms with E-state index in [0.29, 0.717) is 6.54 Å². The molecule has 2 aromatic rings. The van der Waals surface area contributed by atoms with Gasteiger partial charge in [0.05, 0.1) is 15.5 Å². The summed E-state index contributed by atoms with van der Waals surface area (Å²) in [5, 5.41) is 13.6. The fraction of sp³-hybridized carbons (Fsp3) is 0.250. The summed E-state index contributed by atoms with van der Waals surface area (Å²) >= 11 is 5.97. The lowest BCUT2D eigenvalue weighted by molar-refractivity contribution is -0.384. The Hall–Kier alpha value is -2.47. The molecule has 1 unspecified atom stereocenters. The average Bonchev–Trinajstić information content (AvgIpc) is 2.95. The predicted molar refractivity (Wildman–Crippen MR) is 85.7 cm³/mol. The number of carbonyl (C=O) groups is 1. The van der Waals surface area contributed by atoms with Crippen LogP contribution in [0.3, 0.4) is 0 Å². The third-order valence-electron chi connectivity index (χ3n) is 3.99. The number of non-ortho nitro benzene ring substituents is 1. The number of rotatable bonds is 4. The first-order chi connectivity index (χ1) is 11.1. The van der Waals surface area contributed by atoms with E-state index in [4.69, 9.17) is 11.6 Å². The lowest BCUT2D eigenvalue weighted by Gasteiger charge is -2.12. The maximum absolute atomic E-state index is 12.2. The Balaban J connectivity index is 1.68. The second-order valence-corrected chi connectivity index (χ2v) is 5.82. The minimum absolute atomic E-state index is 0.0710. The summed E-state index contributed by atoms with van der Waals surface area (Å²) < 4.78 is 0. The van der Waals surface area contributed by atoms with Gasteiger partial charge in [-0.25, -0.2) is 0 Å². The molecule has 3 rings (SSSR count). The Morgan fingerprint density at radius 1 is 1.43 bits per heavy atom. The molecule has 1 aromatic carbocycles. The number of benzene rings is 1. The first kappa shape index (κ1) is 15.4. The number of amides is 1. The Kier molecular flexibility index (Phi) is 4.25. The second kappa shape index (κ2) is 6.34. The number of fused-ring (bicyclic) bond motifs is 1. The fourth-order valence-electron chi connectivity index (χ4n) is 2.81. The Morgan fingerprint density at radius 3 is 3.00 bits per heavy atom. The molecule has 0 spiro atoms. The molecule has 0 radical (unpaired) electrons. The Morgan fingerprint density at radius 2 is 2.26 bits per heavy atom. The molecule has 1 N–H and O–H groups in total. The van der Waals surface area contributed by atoms with E-state index < -0.39 is 4.92 Å². The molecule has 0 aliphatic heterocycles. The van der Waals surface area contributed by atoms with Crippen LogP contribution >= 0.6 is 11.6 Å². The van der Waals surface area contributed by atoms with E-state index in [9.17, 15) is 14.9 Å². The maximum atomic E-state index is 12.2. The van der Waals surface area contributed by atoms with Crippen molar-refractivity contribution >= 4 is 23.2 Å². The highest BCUT2D eigenvalue weighted by Gasteiger charge is 2.24. The minimum atomic E-state index is -0.547. The molecule has 0 saturated carbocycles. The summed E-state index contributed by atoms with van der Waals surface area (Å²) in [7, 11) is 0. The molecule has 1 aromatic heterocycles. The molecular weight excluding hydrogens is 318 g/mol. The number of aryl methyl sites for hydroxylation is 1. The van der Waals surface area contributed by atoms with Crippen molar-refractivity contribution in [1.29, 1.82) is 0 Å². The van der Waals surface area contributed by atoms with Crippen molar-refractivity contribution in [2.45, 2.75) is 18.8 Å². The summed E-state index contributed by atoms with van der Waals surface area (Å²) in [5.41, 5.74) is 2.35. The average molecular weight is 332 g/mol. The number of hydrogen-bond acceptors (Lipinski definition) is 4. The zero-order valence-electron chi connectivity index (χ0n) is 12.2. The van der Waals surface area contributed by atoms with Crippen LogP contribution in [-0.2, 0) is 6.42 Å². The van der Waals surface area contributed by atoms with Gasteiger partial charge in [0.25, 0.3) is 11.6 Å². The van der Waals surface area contributed by atoms with Gasteiger partial charge in [-0.2, -0.15) is 0 Å². The Bertz CT molecular complexity index is 779. The Labute approximate surface area is 137 Å². The van der Waals surface area contributed by atoms with Gasteiger partial charge >= 0.3 is 0 Å². The van der Waals surface area contributed by atoms with Crippen LogP contribution in [0.1, 0.15) is 34.0 Å². The molecule has 1 heterocycles. The molecule has 7 heteroatoms. The van der Waals surface area contributed by atoms with Crippen LogP contribution in [0.5, 0.6) is 0 Å². The highest BCUT2D eigenvalue weighted by atomic mass is 35.5. The van der Waals surface area contributed by atoms with Gasteiger partial charge in [0.2, 0.25) is 0 Å². The number of nitro benzene ring substituents is 1. The van der Waals surface area contributed by atoms with Gasteiger partial charge in [-0.15, -0.1) is 0 Å². The highest BCUT2D eigenvalue weighted by molar-refractivity contribution is 6.34. The molecule has 1 amide bonds. The number of nitro groups is 1. The van der Waals surface area contributed by atoms with Crippen molar-refractivity contribution in [3.8, 4) is 0 Å². The summed E-state index contributed by atoms with van der Waals surface area (Å²) in [6.45, 7) is 0.468. The van der Waals surface area contributed by atoms with Crippen molar-refractivity contribution < 1.29 is 9.72 Å². The zero-order valence-corrected chi connectivity index (χ0v) is 12.9. The number of halogens is 1. The van der Waals surface area contributed by atoms with Gasteiger partial charge in [0, 0.05) is 36.5 Å². The van der Waals surface area contributed by atoms with Crippen LogP contribution in [0.2, 0.25) is 5.02 Å². The number of aromatic nitrogens is 1. The summed E-state index contributed by atoms with van der Waals surface area (Å²) in [6, 6.07) is 7.79. The van der Waals surface area contributed by atoms with Crippen molar-refractivity contribution in [1.82, 2.24) is 10.3 Å². The van der Waals surface area contributed by atoms with Crippen LogP contribution < -0.4 is 5.32 Å². The van der Waals surface area contributed by atoms with Crippen molar-refractivity contribution in [2.24, 2.45) is 0 Å². The molecule has 0 fully saturated rings. The van der Waals surface area contributed by atoms with Crippen LogP contribution in [0.4, 0.5) is 5.69 Å². The monoisotopic (exact) mass is 331 g/mol. The van der Waals surface area contributed by atoms with E-state index in [1.807, 2.05) is 6.07 Å². The molecule has 1 atom stereocenters. The van der Waals surface area contributed by atoms with E-state index >= 15 is 0 Å². The topological polar surface area (TPSA) is 85.1 Å². The molecular formula is C16H14ClN3O3. The SMILES string of the molecule is O=C(NCC1CCc2cccnc21)c1ccc([N+](=O)[O-])cc1Cl. The number of nitrogens with zero attached hydrogens (tertiary/aromatic N) is 2. The molecule has 1 aliphatic carbocycles. The summed E-state index contributed by atoms with van der Waals surface area (Å²) in [4.78, 5) is 26.8. The number of nitrogens with one attached hydrogen (secondary N) is 1. The van der Waals surface area contributed by atoms with Crippen molar-refractivity contribution in [3.05, 3.63) is 68.5 Å². The number of hydrogen-bond donors (Lipinski definition) is 1. The summed E-state index contributed by atoms with van der Waals surface area (Å²) in [6.07, 6.45) is 3.66. The third-order valence-corrected chi connectivity index (χ3v) is 4.30. The van der Waals surface area contributed by atoms with Gasteiger partial charge in [-0.1, -0.05) is 17.7 Å². The summed E-state index contributed by atoms with van der Waals surface area (Å²) in [5.74, 6) is -0.152. The lowest BCUT2D eigenvalue weighted by Crippen LogP contribution is -2.28. The van der Waals surface area contributed by atoms with Crippen LogP contribution in [-0.4, -0.2) is 22.4 Å². The van der Waals surface area contributed by atoms with Crippen molar-refractivity contribution in [3.63, 3.8) is 0 Å². The quantitative estimate of drug-likeness (QED) is 0.689. The largest absolute Gasteiger partial charge is 0.351 e. The second-order valence-electron chi connectivity index (χ2n) is 5.41. The molecule has 23 heavy (non-hydrogen) atoms. The highest BCUT2D eigenvalue weighted by Crippen LogP contribution is 2.30. The van der Waals surface area contributed by atoms with Crippen molar-refractivity contribution in [2.75, 3.05) is 6.54 Å². The number of pyridine rings is 1. The smallest absolute Gasteiger partial charge is 0.270 e. The standard InChI is InChI=1S/C16H14ClN3O3/c17-14-8-12(20(22)23)5-6-13(14)16(21)19-9-11-4-3-10-2-1-7-18-15(10)11/h1-2,5-8,11H,3-4,9H2,(H,19,21). The fourth-order valence-corrected chi connectivity index (χ4v) is 3.07. The van der Waals surface area contributed by atoms with E-state index in [1.165, 1.54) is 23.8 Å². The van der Waals surface area contributed by atoms with Crippen LogP contribution in [0.15, 0.2) is 36.5 Å². The normalized spacial score (nSPS) is 16.0. The van der Waals surface area contributed by atoms with Gasteiger partial charge in [0.15, 0.2) is 0 Å². The van der Waals surface area contributed by atoms with E-state index in [2.05, 4.69) is 16.4 Å². The third kappa shape index (κ3) is 3.17. The number of carbonyl (C=O) groups excluding carboxylic acids is 1. The molecule has 0 saturated heterocycles. The first-order valence-corrected chi connectivity index (χ1v) is 7.60. The molecule has 118 valence electrons. The van der Waals surface area contributed by atoms with Crippen LogP contribution in [0, 0.1) is 10.1 Å². The molecule has 0 bridgehead atoms. The van der Waals surface area contributed by atoms with Gasteiger partial charge < -0.3 is 5.32 Å².